The summed E-state index contributed by atoms with van der Waals surface area (Å²) in [4.78, 5) is 15.3. The molecule has 0 aromatic carbocycles. The molecule has 0 bridgehead atoms. The first-order valence-electron chi connectivity index (χ1n) is 5.62. The minimum absolute atomic E-state index is 0.0165. The van der Waals surface area contributed by atoms with Gasteiger partial charge in [-0.1, -0.05) is 12.5 Å². The molecule has 1 aliphatic rings. The van der Waals surface area contributed by atoms with E-state index in [2.05, 4.69) is 4.98 Å². The van der Waals surface area contributed by atoms with E-state index in [0.717, 1.165) is 19.3 Å². The highest BCUT2D eigenvalue weighted by molar-refractivity contribution is 5.93. The van der Waals surface area contributed by atoms with Crippen molar-refractivity contribution < 1.29 is 15.0 Å². The average molecular weight is 232 g/mol. The molecular weight excluding hydrogens is 220 g/mol. The lowest BCUT2D eigenvalue weighted by atomic mass is 9.85. The fourth-order valence-electron chi connectivity index (χ4n) is 2.24. The Kier molecular flexibility index (Phi) is 2.07. The van der Waals surface area contributed by atoms with Gasteiger partial charge in [0.25, 0.3) is 0 Å². The van der Waals surface area contributed by atoms with Crippen molar-refractivity contribution in [3.05, 3.63) is 29.7 Å². The quantitative estimate of drug-likeness (QED) is 0.830. The molecule has 2 N–H and O–H groups in total. The normalized spacial score (nSPS) is 16.0. The minimum Gasteiger partial charge on any atom is -0.494 e. The summed E-state index contributed by atoms with van der Waals surface area (Å²) in [5, 5.41) is 18.9. The second kappa shape index (κ2) is 3.48. The number of fused-ring (bicyclic) bond motifs is 1. The molecule has 0 atom stereocenters. The zero-order valence-corrected chi connectivity index (χ0v) is 9.13. The number of nitrogens with zero attached hydrogens (tertiary/aromatic N) is 2. The van der Waals surface area contributed by atoms with Crippen LogP contribution in [0.2, 0.25) is 0 Å². The lowest BCUT2D eigenvalue weighted by Crippen LogP contribution is -2.12. The number of aromatic carboxylic acids is 1. The second-order valence-corrected chi connectivity index (χ2v) is 4.36. The molecule has 0 radical (unpaired) electrons. The van der Waals surface area contributed by atoms with Crippen LogP contribution in [0.15, 0.2) is 18.2 Å². The molecule has 0 aliphatic heterocycles. The molecule has 5 heteroatoms. The summed E-state index contributed by atoms with van der Waals surface area (Å²) < 4.78 is 1.55. The van der Waals surface area contributed by atoms with Gasteiger partial charge in [0.2, 0.25) is 0 Å². The molecule has 17 heavy (non-hydrogen) atoms. The molecule has 88 valence electrons. The lowest BCUT2D eigenvalue weighted by Gasteiger charge is -2.24. The predicted octanol–water partition coefficient (Wildman–Crippen LogP) is 2.01. The Bertz CT molecular complexity index is 599. The molecule has 2 heterocycles. The highest BCUT2D eigenvalue weighted by atomic mass is 16.4. The molecule has 2 aromatic rings. The van der Waals surface area contributed by atoms with Crippen molar-refractivity contribution in [1.29, 1.82) is 0 Å². The van der Waals surface area contributed by atoms with Gasteiger partial charge >= 0.3 is 5.97 Å². The molecule has 3 rings (SSSR count). The molecule has 1 fully saturated rings. The van der Waals surface area contributed by atoms with E-state index in [1.165, 1.54) is 0 Å². The maximum Gasteiger partial charge on any atom is 0.356 e. The third-order valence-electron chi connectivity index (χ3n) is 3.34. The molecule has 5 nitrogen and oxygen atoms in total. The molecule has 0 amide bonds. The van der Waals surface area contributed by atoms with E-state index >= 15 is 0 Å². The zero-order valence-electron chi connectivity index (χ0n) is 9.13. The summed E-state index contributed by atoms with van der Waals surface area (Å²) in [6.45, 7) is 0. The largest absolute Gasteiger partial charge is 0.494 e. The van der Waals surface area contributed by atoms with Gasteiger partial charge in [0.15, 0.2) is 11.6 Å². The number of pyridine rings is 1. The average Bonchev–Trinajstić information content (AvgIpc) is 2.56. The molecule has 2 aromatic heterocycles. The van der Waals surface area contributed by atoms with Gasteiger partial charge in [-0.15, -0.1) is 0 Å². The van der Waals surface area contributed by atoms with Crippen LogP contribution in [-0.4, -0.2) is 25.6 Å². The highest BCUT2D eigenvalue weighted by Crippen LogP contribution is 2.37. The third kappa shape index (κ3) is 1.39. The van der Waals surface area contributed by atoms with Crippen molar-refractivity contribution in [2.45, 2.75) is 25.2 Å². The Morgan fingerprint density at radius 3 is 2.76 bits per heavy atom. The van der Waals surface area contributed by atoms with Crippen LogP contribution >= 0.6 is 0 Å². The van der Waals surface area contributed by atoms with Crippen LogP contribution < -0.4 is 0 Å². The smallest absolute Gasteiger partial charge is 0.356 e. The van der Waals surface area contributed by atoms with Crippen LogP contribution in [0.25, 0.3) is 5.52 Å². The number of aromatic hydroxyl groups is 1. The molecule has 0 unspecified atom stereocenters. The van der Waals surface area contributed by atoms with E-state index in [4.69, 9.17) is 5.11 Å². The fourth-order valence-corrected chi connectivity index (χ4v) is 2.24. The molecular formula is C12H12N2O3. The minimum atomic E-state index is -1.06. The number of carbonyl (C=O) groups is 1. The van der Waals surface area contributed by atoms with Crippen molar-refractivity contribution in [1.82, 2.24) is 9.38 Å². The standard InChI is InChI=1S/C12H12N2O3/c15-9-6-2-5-8-10(12(16)17)13-11(14(8)9)7-3-1-4-7/h2,5-7,15H,1,3-4H2,(H,16,17). The van der Waals surface area contributed by atoms with Crippen molar-refractivity contribution in [3.8, 4) is 5.88 Å². The molecule has 0 spiro atoms. The first kappa shape index (κ1) is 10.1. The Morgan fingerprint density at radius 2 is 2.18 bits per heavy atom. The third-order valence-corrected chi connectivity index (χ3v) is 3.34. The van der Waals surface area contributed by atoms with E-state index in [-0.39, 0.29) is 17.5 Å². The lowest BCUT2D eigenvalue weighted by molar-refractivity contribution is 0.0693. The van der Waals surface area contributed by atoms with Crippen LogP contribution in [0.3, 0.4) is 0 Å². The summed E-state index contributed by atoms with van der Waals surface area (Å²) >= 11 is 0. The fraction of sp³-hybridized carbons (Fsp3) is 0.333. The molecule has 1 aliphatic carbocycles. The van der Waals surface area contributed by atoms with Crippen LogP contribution in [0.5, 0.6) is 5.88 Å². The Hall–Kier alpha value is -2.04. The van der Waals surface area contributed by atoms with E-state index < -0.39 is 5.97 Å². The Balaban J connectivity index is 2.30. The van der Waals surface area contributed by atoms with Crippen LogP contribution in [0.1, 0.15) is 41.5 Å². The van der Waals surface area contributed by atoms with E-state index in [1.807, 2.05) is 0 Å². The molecule has 1 saturated carbocycles. The SMILES string of the molecule is O=C(O)c1nc(C2CCC2)n2c(O)cccc12. The molecule has 0 saturated heterocycles. The van der Waals surface area contributed by atoms with Gasteiger partial charge in [-0.2, -0.15) is 0 Å². The maximum absolute atomic E-state index is 11.1. The Labute approximate surface area is 97.3 Å². The van der Waals surface area contributed by atoms with Gasteiger partial charge in [-0.3, -0.25) is 4.40 Å². The number of rotatable bonds is 2. The summed E-state index contributed by atoms with van der Waals surface area (Å²) in [5.74, 6) is -0.0753. The second-order valence-electron chi connectivity index (χ2n) is 4.36. The van der Waals surface area contributed by atoms with E-state index in [1.54, 1.807) is 22.6 Å². The number of hydrogen-bond acceptors (Lipinski definition) is 3. The van der Waals surface area contributed by atoms with E-state index in [0.29, 0.717) is 11.3 Å². The first-order chi connectivity index (χ1) is 8.18. The predicted molar refractivity (Wildman–Crippen MR) is 60.4 cm³/mol. The number of imidazole rings is 1. The highest BCUT2D eigenvalue weighted by Gasteiger charge is 2.28. The number of aromatic nitrogens is 2. The topological polar surface area (TPSA) is 74.8 Å². The summed E-state index contributed by atoms with van der Waals surface area (Å²) in [7, 11) is 0. The van der Waals surface area contributed by atoms with Crippen LogP contribution in [0.4, 0.5) is 0 Å². The van der Waals surface area contributed by atoms with Gasteiger partial charge in [0.05, 0.1) is 5.52 Å². The van der Waals surface area contributed by atoms with Gasteiger partial charge in [-0.25, -0.2) is 9.78 Å². The number of hydrogen-bond donors (Lipinski definition) is 2. The summed E-state index contributed by atoms with van der Waals surface area (Å²) in [5.41, 5.74) is 0.474. The van der Waals surface area contributed by atoms with E-state index in [9.17, 15) is 9.90 Å². The summed E-state index contributed by atoms with van der Waals surface area (Å²) in [6, 6.07) is 4.84. The number of carboxylic acids is 1. The number of carboxylic acid groups (broad SMARTS) is 1. The van der Waals surface area contributed by atoms with Gasteiger partial charge in [0.1, 0.15) is 5.82 Å². The maximum atomic E-state index is 11.1. The van der Waals surface area contributed by atoms with Gasteiger partial charge in [-0.05, 0) is 25.0 Å². The van der Waals surface area contributed by atoms with Gasteiger partial charge < -0.3 is 10.2 Å². The van der Waals surface area contributed by atoms with Crippen molar-refractivity contribution >= 4 is 11.5 Å². The van der Waals surface area contributed by atoms with Crippen molar-refractivity contribution in [2.75, 3.05) is 0 Å². The van der Waals surface area contributed by atoms with Gasteiger partial charge in [0, 0.05) is 5.92 Å². The van der Waals surface area contributed by atoms with Crippen LogP contribution in [0, 0.1) is 0 Å². The summed E-state index contributed by atoms with van der Waals surface area (Å²) in [6.07, 6.45) is 3.15. The van der Waals surface area contributed by atoms with Crippen molar-refractivity contribution in [2.24, 2.45) is 0 Å². The first-order valence-corrected chi connectivity index (χ1v) is 5.62. The van der Waals surface area contributed by atoms with Crippen molar-refractivity contribution in [3.63, 3.8) is 0 Å². The Morgan fingerprint density at radius 1 is 1.41 bits per heavy atom. The zero-order chi connectivity index (χ0) is 12.0. The monoisotopic (exact) mass is 232 g/mol. The van der Waals surface area contributed by atoms with Crippen LogP contribution in [-0.2, 0) is 0 Å².